The van der Waals surface area contributed by atoms with E-state index in [4.69, 9.17) is 0 Å². The van der Waals surface area contributed by atoms with Crippen LogP contribution in [0.5, 0.6) is 0 Å². The molecule has 4 rings (SSSR count). The fourth-order valence-electron chi connectivity index (χ4n) is 2.86. The van der Waals surface area contributed by atoms with Crippen molar-refractivity contribution in [2.45, 2.75) is 19.8 Å². The second-order valence-corrected chi connectivity index (χ2v) is 7.74. The van der Waals surface area contributed by atoms with Crippen LogP contribution in [0.3, 0.4) is 0 Å². The lowest BCUT2D eigenvalue weighted by Crippen LogP contribution is -2.14. The number of benzene rings is 2. The zero-order chi connectivity index (χ0) is 18.8. The van der Waals surface area contributed by atoms with Gasteiger partial charge in [-0.05, 0) is 61.0 Å². The number of hydrogen-bond donors (Lipinski definition) is 2. The van der Waals surface area contributed by atoms with Crippen molar-refractivity contribution in [3.05, 3.63) is 70.4 Å². The van der Waals surface area contributed by atoms with Gasteiger partial charge in [0.15, 0.2) is 0 Å². The summed E-state index contributed by atoms with van der Waals surface area (Å²) in [7, 11) is 0. The van der Waals surface area contributed by atoms with E-state index in [1.165, 1.54) is 16.9 Å². The summed E-state index contributed by atoms with van der Waals surface area (Å²) in [6.45, 7) is 2.04. The maximum Gasteiger partial charge on any atom is 0.266 e. The van der Waals surface area contributed by atoms with Crippen LogP contribution in [0, 0.1) is 12.8 Å². The lowest BCUT2D eigenvalue weighted by atomic mass is 10.0. The maximum atomic E-state index is 12.7. The third-order valence-corrected chi connectivity index (χ3v) is 5.51. The molecule has 0 aliphatic heterocycles. The summed E-state index contributed by atoms with van der Waals surface area (Å²) in [5.74, 6) is 0.117. The smallest absolute Gasteiger partial charge is 0.266 e. The molecule has 2 aromatic carbocycles. The topological polar surface area (TPSA) is 58.2 Å². The van der Waals surface area contributed by atoms with Gasteiger partial charge >= 0.3 is 0 Å². The van der Waals surface area contributed by atoms with E-state index in [1.807, 2.05) is 54.8 Å². The Hall–Kier alpha value is -2.92. The maximum absolute atomic E-state index is 12.7. The Balaban J connectivity index is 1.45. The fourth-order valence-corrected chi connectivity index (χ4v) is 3.67. The molecule has 0 saturated heterocycles. The average molecular weight is 376 g/mol. The highest BCUT2D eigenvalue weighted by molar-refractivity contribution is 7.12. The number of thiophene rings is 1. The minimum atomic E-state index is -0.129. The molecule has 2 N–H and O–H groups in total. The largest absolute Gasteiger partial charge is 0.326 e. The first-order chi connectivity index (χ1) is 13.1. The minimum absolute atomic E-state index is 0.0770. The third kappa shape index (κ3) is 4.09. The van der Waals surface area contributed by atoms with Crippen LogP contribution >= 0.6 is 11.3 Å². The molecule has 0 bridgehead atoms. The molecular formula is C22H20N2O2S. The molecule has 0 unspecified atom stereocenters. The molecule has 3 aromatic rings. The summed E-state index contributed by atoms with van der Waals surface area (Å²) in [5.41, 5.74) is 4.61. The third-order valence-electron chi connectivity index (χ3n) is 4.59. The van der Waals surface area contributed by atoms with Gasteiger partial charge < -0.3 is 10.6 Å². The molecule has 1 aromatic heterocycles. The van der Waals surface area contributed by atoms with E-state index in [2.05, 4.69) is 10.6 Å². The quantitative estimate of drug-likeness (QED) is 0.633. The van der Waals surface area contributed by atoms with Gasteiger partial charge in [0.2, 0.25) is 5.91 Å². The number of anilines is 2. The SMILES string of the molecule is Cc1ccc(-c2ccsc2C(=O)Nc2ccc(NC(=O)C3CC3)cc2)cc1. The number of carbonyl (C=O) groups excluding carboxylic acids is 2. The molecular weight excluding hydrogens is 356 g/mol. The van der Waals surface area contributed by atoms with Crippen LogP contribution in [-0.2, 0) is 4.79 Å². The highest BCUT2D eigenvalue weighted by Gasteiger charge is 2.29. The summed E-state index contributed by atoms with van der Waals surface area (Å²) >= 11 is 1.43. The highest BCUT2D eigenvalue weighted by Crippen LogP contribution is 2.31. The molecule has 0 radical (unpaired) electrons. The van der Waals surface area contributed by atoms with Crippen molar-refractivity contribution in [2.24, 2.45) is 5.92 Å². The molecule has 1 aliphatic rings. The monoisotopic (exact) mass is 376 g/mol. The van der Waals surface area contributed by atoms with Gasteiger partial charge in [0, 0.05) is 22.9 Å². The van der Waals surface area contributed by atoms with Crippen LogP contribution < -0.4 is 10.6 Å². The molecule has 5 heteroatoms. The van der Waals surface area contributed by atoms with Gasteiger partial charge in [-0.15, -0.1) is 11.3 Å². The minimum Gasteiger partial charge on any atom is -0.326 e. The second-order valence-electron chi connectivity index (χ2n) is 6.82. The van der Waals surface area contributed by atoms with Gasteiger partial charge in [0.05, 0.1) is 4.88 Å². The van der Waals surface area contributed by atoms with Crippen molar-refractivity contribution in [3.63, 3.8) is 0 Å². The number of hydrogen-bond acceptors (Lipinski definition) is 3. The first-order valence-electron chi connectivity index (χ1n) is 8.97. The van der Waals surface area contributed by atoms with Crippen molar-refractivity contribution in [1.29, 1.82) is 0 Å². The number of rotatable bonds is 5. The molecule has 2 amide bonds. The number of carbonyl (C=O) groups is 2. The van der Waals surface area contributed by atoms with Crippen molar-refractivity contribution in [3.8, 4) is 11.1 Å². The van der Waals surface area contributed by atoms with E-state index < -0.39 is 0 Å². The first-order valence-corrected chi connectivity index (χ1v) is 9.85. The van der Waals surface area contributed by atoms with Gasteiger partial charge in [0.25, 0.3) is 5.91 Å². The van der Waals surface area contributed by atoms with Gasteiger partial charge in [-0.1, -0.05) is 29.8 Å². The number of nitrogens with one attached hydrogen (secondary N) is 2. The summed E-state index contributed by atoms with van der Waals surface area (Å²) in [5, 5.41) is 7.77. The molecule has 27 heavy (non-hydrogen) atoms. The van der Waals surface area contributed by atoms with Crippen LogP contribution in [0.25, 0.3) is 11.1 Å². The Morgan fingerprint density at radius 1 is 0.889 bits per heavy atom. The second kappa shape index (κ2) is 7.37. The lowest BCUT2D eigenvalue weighted by Gasteiger charge is -2.08. The van der Waals surface area contributed by atoms with E-state index in [-0.39, 0.29) is 17.7 Å². The van der Waals surface area contributed by atoms with E-state index in [0.29, 0.717) is 10.6 Å². The number of aryl methyl sites for hydroxylation is 1. The summed E-state index contributed by atoms with van der Waals surface area (Å²) in [6.07, 6.45) is 1.95. The lowest BCUT2D eigenvalue weighted by molar-refractivity contribution is -0.117. The van der Waals surface area contributed by atoms with Crippen molar-refractivity contribution in [2.75, 3.05) is 10.6 Å². The molecule has 136 valence electrons. The highest BCUT2D eigenvalue weighted by atomic mass is 32.1. The van der Waals surface area contributed by atoms with Gasteiger partial charge in [-0.25, -0.2) is 0 Å². The van der Waals surface area contributed by atoms with Gasteiger partial charge in [-0.3, -0.25) is 9.59 Å². The van der Waals surface area contributed by atoms with E-state index in [0.717, 1.165) is 29.7 Å². The Morgan fingerprint density at radius 3 is 2.15 bits per heavy atom. The van der Waals surface area contributed by atoms with Crippen LogP contribution in [-0.4, -0.2) is 11.8 Å². The van der Waals surface area contributed by atoms with Gasteiger partial charge in [0.1, 0.15) is 0 Å². The van der Waals surface area contributed by atoms with Crippen LogP contribution in [0.15, 0.2) is 60.0 Å². The zero-order valence-corrected chi connectivity index (χ0v) is 15.8. The average Bonchev–Trinajstić information content (AvgIpc) is 3.41. The predicted molar refractivity (Wildman–Crippen MR) is 110 cm³/mol. The normalized spacial score (nSPS) is 13.2. The van der Waals surface area contributed by atoms with E-state index in [1.54, 1.807) is 12.1 Å². The van der Waals surface area contributed by atoms with E-state index in [9.17, 15) is 9.59 Å². The Labute approximate surface area is 162 Å². The fraction of sp³-hybridized carbons (Fsp3) is 0.182. The zero-order valence-electron chi connectivity index (χ0n) is 15.0. The first kappa shape index (κ1) is 17.5. The molecule has 1 heterocycles. The molecule has 0 spiro atoms. The van der Waals surface area contributed by atoms with Crippen LogP contribution in [0.4, 0.5) is 11.4 Å². The summed E-state index contributed by atoms with van der Waals surface area (Å²) in [4.78, 5) is 25.2. The molecule has 1 fully saturated rings. The molecule has 4 nitrogen and oxygen atoms in total. The van der Waals surface area contributed by atoms with Crippen molar-refractivity contribution in [1.82, 2.24) is 0 Å². The van der Waals surface area contributed by atoms with E-state index >= 15 is 0 Å². The standard InChI is InChI=1S/C22H20N2O2S/c1-14-2-4-15(5-3-14)19-12-13-27-20(19)22(26)24-18-10-8-17(9-11-18)23-21(25)16-6-7-16/h2-5,8-13,16H,6-7H2,1H3,(H,23,25)(H,24,26). The summed E-state index contributed by atoms with van der Waals surface area (Å²) < 4.78 is 0. The molecule has 1 aliphatic carbocycles. The molecule has 1 saturated carbocycles. The number of amides is 2. The molecule has 0 atom stereocenters. The van der Waals surface area contributed by atoms with Crippen molar-refractivity contribution < 1.29 is 9.59 Å². The van der Waals surface area contributed by atoms with Crippen LogP contribution in [0.1, 0.15) is 28.1 Å². The Morgan fingerprint density at radius 2 is 1.52 bits per heavy atom. The summed E-state index contributed by atoms with van der Waals surface area (Å²) in [6, 6.07) is 17.4. The van der Waals surface area contributed by atoms with Crippen LogP contribution in [0.2, 0.25) is 0 Å². The Kier molecular flexibility index (Phi) is 4.77. The Bertz CT molecular complexity index is 970. The predicted octanol–water partition coefficient (Wildman–Crippen LogP) is 5.32. The van der Waals surface area contributed by atoms with Crippen molar-refractivity contribution >= 4 is 34.5 Å². The van der Waals surface area contributed by atoms with Gasteiger partial charge in [-0.2, -0.15) is 0 Å².